The van der Waals surface area contributed by atoms with Gasteiger partial charge in [-0.2, -0.15) is 0 Å². The second kappa shape index (κ2) is 5.08. The van der Waals surface area contributed by atoms with Crippen LogP contribution >= 0.6 is 11.6 Å². The highest BCUT2D eigenvalue weighted by atomic mass is 35.5. The number of carbonyl (C=O) groups excluding carboxylic acids is 1. The van der Waals surface area contributed by atoms with Crippen LogP contribution in [-0.2, 0) is 11.3 Å². The minimum Gasteiger partial charge on any atom is -0.495 e. The molecule has 1 aromatic rings. The normalized spacial score (nSPS) is 12.8. The van der Waals surface area contributed by atoms with Gasteiger partial charge in [0.2, 0.25) is 6.08 Å². The molecule has 0 unspecified atom stereocenters. The van der Waals surface area contributed by atoms with E-state index in [-0.39, 0.29) is 6.54 Å². The van der Waals surface area contributed by atoms with Crippen molar-refractivity contribution in [2.24, 2.45) is 4.99 Å². The summed E-state index contributed by atoms with van der Waals surface area (Å²) in [5.74, 6) is 1.50. The van der Waals surface area contributed by atoms with Crippen LogP contribution in [0.2, 0.25) is 5.02 Å². The Labute approximate surface area is 103 Å². The average Bonchev–Trinajstić information content (AvgIpc) is 2.35. The molecule has 0 spiro atoms. The molecule has 0 atom stereocenters. The van der Waals surface area contributed by atoms with Crippen LogP contribution in [0.1, 0.15) is 5.56 Å². The Hall–Kier alpha value is -1.71. The topological polar surface area (TPSA) is 57.1 Å². The molecule has 1 aromatic carbocycles. The first-order chi connectivity index (χ1) is 8.27. The zero-order valence-electron chi connectivity index (χ0n) is 9.16. The first-order valence-corrected chi connectivity index (χ1v) is 5.34. The molecule has 2 rings (SSSR count). The van der Waals surface area contributed by atoms with Gasteiger partial charge in [-0.15, -0.1) is 0 Å². The van der Waals surface area contributed by atoms with E-state index in [4.69, 9.17) is 25.8 Å². The van der Waals surface area contributed by atoms with Gasteiger partial charge in [0.15, 0.2) is 11.5 Å². The maximum absolute atomic E-state index is 10.2. The number of hydrogen-bond donors (Lipinski definition) is 0. The molecule has 0 aromatic heterocycles. The van der Waals surface area contributed by atoms with Gasteiger partial charge in [0.25, 0.3) is 0 Å². The first kappa shape index (κ1) is 11.8. The van der Waals surface area contributed by atoms with Crippen LogP contribution in [0.3, 0.4) is 0 Å². The van der Waals surface area contributed by atoms with Crippen LogP contribution in [0.4, 0.5) is 0 Å². The van der Waals surface area contributed by atoms with Crippen molar-refractivity contribution in [3.63, 3.8) is 0 Å². The largest absolute Gasteiger partial charge is 0.495 e. The molecular formula is C11H10ClNO4. The highest BCUT2D eigenvalue weighted by Gasteiger charge is 2.22. The highest BCUT2D eigenvalue weighted by Crippen LogP contribution is 2.44. The molecule has 6 heteroatoms. The number of benzene rings is 1. The lowest BCUT2D eigenvalue weighted by molar-refractivity contribution is 0.169. The number of methoxy groups -OCH3 is 1. The van der Waals surface area contributed by atoms with Crippen LogP contribution in [0.25, 0.3) is 0 Å². The second-order valence-electron chi connectivity index (χ2n) is 3.30. The second-order valence-corrected chi connectivity index (χ2v) is 3.71. The summed E-state index contributed by atoms with van der Waals surface area (Å²) in [6.45, 7) is 1.00. The fraction of sp³-hybridized carbons (Fsp3) is 0.364. The molecule has 0 aliphatic carbocycles. The number of rotatable bonds is 3. The third-order valence-electron chi connectivity index (χ3n) is 2.34. The zero-order valence-corrected chi connectivity index (χ0v) is 9.91. The predicted octanol–water partition coefficient (Wildman–Crippen LogP) is 1.96. The summed E-state index contributed by atoms with van der Waals surface area (Å²) in [6.07, 6.45) is 1.47. The van der Waals surface area contributed by atoms with E-state index < -0.39 is 0 Å². The number of halogens is 1. The third kappa shape index (κ3) is 2.20. The Morgan fingerprint density at radius 2 is 2.29 bits per heavy atom. The maximum Gasteiger partial charge on any atom is 0.235 e. The molecule has 1 aliphatic rings. The van der Waals surface area contributed by atoms with Crippen molar-refractivity contribution in [2.75, 3.05) is 20.3 Å². The molecule has 0 N–H and O–H groups in total. The molecule has 0 fully saturated rings. The fourth-order valence-corrected chi connectivity index (χ4v) is 1.97. The summed E-state index contributed by atoms with van der Waals surface area (Å²) >= 11 is 6.04. The monoisotopic (exact) mass is 255 g/mol. The molecule has 5 nitrogen and oxygen atoms in total. The Kier molecular flexibility index (Phi) is 3.52. The maximum atomic E-state index is 10.2. The van der Waals surface area contributed by atoms with Crippen molar-refractivity contribution in [3.05, 3.63) is 16.7 Å². The molecule has 0 saturated heterocycles. The van der Waals surface area contributed by atoms with Crippen LogP contribution in [0.5, 0.6) is 17.2 Å². The highest BCUT2D eigenvalue weighted by molar-refractivity contribution is 6.32. The van der Waals surface area contributed by atoms with Gasteiger partial charge < -0.3 is 14.2 Å². The Morgan fingerprint density at radius 1 is 1.53 bits per heavy atom. The molecule has 1 heterocycles. The number of nitrogens with zero attached hydrogens (tertiary/aromatic N) is 1. The van der Waals surface area contributed by atoms with Crippen molar-refractivity contribution >= 4 is 17.7 Å². The standard InChI is InChI=1S/C11H10ClNO4/c1-15-10-7(5-13-6-14)11-9(4-8(10)12)16-2-3-17-11/h4H,2-3,5H2,1H3. The molecular weight excluding hydrogens is 246 g/mol. The van der Waals surface area contributed by atoms with Gasteiger partial charge in [0.1, 0.15) is 19.0 Å². The number of fused-ring (bicyclic) bond motifs is 1. The summed E-state index contributed by atoms with van der Waals surface area (Å²) in [4.78, 5) is 13.7. The molecule has 90 valence electrons. The number of aliphatic imine (C=N–C) groups is 1. The number of isocyanates is 1. The van der Waals surface area contributed by atoms with E-state index in [9.17, 15) is 4.79 Å². The van der Waals surface area contributed by atoms with E-state index in [1.165, 1.54) is 13.2 Å². The number of hydrogen-bond acceptors (Lipinski definition) is 5. The smallest absolute Gasteiger partial charge is 0.235 e. The van der Waals surface area contributed by atoms with Gasteiger partial charge in [0, 0.05) is 6.07 Å². The van der Waals surface area contributed by atoms with E-state index in [0.29, 0.717) is 41.0 Å². The third-order valence-corrected chi connectivity index (χ3v) is 2.62. The fourth-order valence-electron chi connectivity index (χ4n) is 1.68. The first-order valence-electron chi connectivity index (χ1n) is 4.96. The molecule has 0 amide bonds. The SMILES string of the molecule is COc1c(Cl)cc2c(c1CN=C=O)OCCO2. The molecule has 0 radical (unpaired) electrons. The summed E-state index contributed by atoms with van der Waals surface area (Å²) < 4.78 is 16.1. The Balaban J connectivity index is 2.56. The van der Waals surface area contributed by atoms with Gasteiger partial charge >= 0.3 is 0 Å². The zero-order chi connectivity index (χ0) is 12.3. The van der Waals surface area contributed by atoms with E-state index in [0.717, 1.165) is 0 Å². The summed E-state index contributed by atoms with van der Waals surface area (Å²) in [7, 11) is 1.49. The van der Waals surface area contributed by atoms with E-state index in [2.05, 4.69) is 4.99 Å². The average molecular weight is 256 g/mol. The van der Waals surface area contributed by atoms with Gasteiger partial charge in [-0.1, -0.05) is 11.6 Å². The summed E-state index contributed by atoms with van der Waals surface area (Å²) in [6, 6.07) is 1.63. The Morgan fingerprint density at radius 3 is 3.00 bits per heavy atom. The minimum absolute atomic E-state index is 0.0962. The molecule has 1 aliphatic heterocycles. The lowest BCUT2D eigenvalue weighted by Gasteiger charge is -2.22. The summed E-state index contributed by atoms with van der Waals surface area (Å²) in [5, 5.41) is 0.396. The number of ether oxygens (including phenoxy) is 3. The molecule has 17 heavy (non-hydrogen) atoms. The van der Waals surface area contributed by atoms with Crippen LogP contribution in [-0.4, -0.2) is 26.4 Å². The lowest BCUT2D eigenvalue weighted by atomic mass is 10.1. The van der Waals surface area contributed by atoms with E-state index >= 15 is 0 Å². The van der Waals surface area contributed by atoms with E-state index in [1.807, 2.05) is 0 Å². The van der Waals surface area contributed by atoms with Crippen LogP contribution in [0, 0.1) is 0 Å². The van der Waals surface area contributed by atoms with Crippen molar-refractivity contribution < 1.29 is 19.0 Å². The minimum atomic E-state index is 0.0962. The predicted molar refractivity (Wildman–Crippen MR) is 60.8 cm³/mol. The quantitative estimate of drug-likeness (QED) is 0.612. The van der Waals surface area contributed by atoms with Crippen molar-refractivity contribution in [2.45, 2.75) is 6.54 Å². The van der Waals surface area contributed by atoms with Crippen LogP contribution in [0.15, 0.2) is 11.1 Å². The molecule has 0 bridgehead atoms. The van der Waals surface area contributed by atoms with Crippen molar-refractivity contribution in [3.8, 4) is 17.2 Å². The van der Waals surface area contributed by atoms with Gasteiger partial charge in [0.05, 0.1) is 24.2 Å². The van der Waals surface area contributed by atoms with Crippen LogP contribution < -0.4 is 14.2 Å². The summed E-state index contributed by atoms with van der Waals surface area (Å²) in [5.41, 5.74) is 0.595. The molecule has 0 saturated carbocycles. The Bertz CT molecular complexity index is 483. The van der Waals surface area contributed by atoms with E-state index in [1.54, 1.807) is 6.07 Å². The van der Waals surface area contributed by atoms with Gasteiger partial charge in [-0.05, 0) is 0 Å². The lowest BCUT2D eigenvalue weighted by Crippen LogP contribution is -2.17. The van der Waals surface area contributed by atoms with Gasteiger partial charge in [-0.3, -0.25) is 0 Å². The van der Waals surface area contributed by atoms with Gasteiger partial charge in [-0.25, -0.2) is 9.79 Å². The van der Waals surface area contributed by atoms with Crippen molar-refractivity contribution in [1.82, 2.24) is 0 Å². The van der Waals surface area contributed by atoms with Crippen molar-refractivity contribution in [1.29, 1.82) is 0 Å².